The number of aryl methyl sites for hydroxylation is 1. The number of likely N-dealkylation sites (tertiary alicyclic amines) is 1. The minimum Gasteiger partial charge on any atom is -0.484 e. The molecule has 1 aliphatic rings. The first-order valence-corrected chi connectivity index (χ1v) is 11.4. The third kappa shape index (κ3) is 4.64. The van der Waals surface area contributed by atoms with Crippen molar-refractivity contribution in [2.45, 2.75) is 46.2 Å². The fraction of sp³-hybridized carbons (Fsp3) is 0.385. The molecule has 168 valence electrons. The van der Waals surface area contributed by atoms with Crippen LogP contribution in [0.3, 0.4) is 0 Å². The Morgan fingerprint density at radius 1 is 1.03 bits per heavy atom. The van der Waals surface area contributed by atoms with Crippen LogP contribution in [0.5, 0.6) is 5.75 Å². The minimum absolute atomic E-state index is 0.0212. The van der Waals surface area contributed by atoms with E-state index in [1.165, 1.54) is 6.42 Å². The van der Waals surface area contributed by atoms with Crippen LogP contribution in [0, 0.1) is 6.92 Å². The zero-order chi connectivity index (χ0) is 22.5. The molecule has 32 heavy (non-hydrogen) atoms. The molecule has 6 heteroatoms. The van der Waals surface area contributed by atoms with E-state index in [-0.39, 0.29) is 18.4 Å². The van der Waals surface area contributed by atoms with Crippen LogP contribution in [-0.2, 0) is 17.9 Å². The Morgan fingerprint density at radius 2 is 1.78 bits per heavy atom. The summed E-state index contributed by atoms with van der Waals surface area (Å²) >= 11 is 0. The van der Waals surface area contributed by atoms with E-state index in [0.29, 0.717) is 17.9 Å². The number of hydrogen-bond donors (Lipinski definition) is 1. The number of benzene rings is 2. The lowest BCUT2D eigenvalue weighted by Gasteiger charge is -2.26. The monoisotopic (exact) mass is 433 g/mol. The van der Waals surface area contributed by atoms with Crippen molar-refractivity contribution in [3.8, 4) is 5.75 Å². The van der Waals surface area contributed by atoms with Crippen LogP contribution in [0.25, 0.3) is 10.9 Å². The van der Waals surface area contributed by atoms with Crippen LogP contribution in [0.15, 0.2) is 48.5 Å². The number of aromatic nitrogens is 1. The van der Waals surface area contributed by atoms with Crippen LogP contribution >= 0.6 is 0 Å². The van der Waals surface area contributed by atoms with E-state index in [4.69, 9.17) is 4.74 Å². The maximum absolute atomic E-state index is 13.1. The smallest absolute Gasteiger partial charge is 0.260 e. The van der Waals surface area contributed by atoms with Gasteiger partial charge in [0.25, 0.3) is 11.8 Å². The average molecular weight is 434 g/mol. The second kappa shape index (κ2) is 9.90. The summed E-state index contributed by atoms with van der Waals surface area (Å²) in [5, 5.41) is 3.89. The van der Waals surface area contributed by atoms with E-state index >= 15 is 0 Å². The first-order valence-electron chi connectivity index (χ1n) is 11.4. The van der Waals surface area contributed by atoms with Crippen molar-refractivity contribution in [2.24, 2.45) is 0 Å². The highest BCUT2D eigenvalue weighted by molar-refractivity contribution is 6.08. The number of rotatable bonds is 7. The molecular formula is C26H31N3O3. The van der Waals surface area contributed by atoms with Crippen molar-refractivity contribution in [2.75, 3.05) is 19.7 Å². The number of nitrogens with one attached hydrogen (secondary N) is 1. The molecule has 1 N–H and O–H groups in total. The van der Waals surface area contributed by atoms with Gasteiger partial charge < -0.3 is 19.5 Å². The lowest BCUT2D eigenvalue weighted by atomic mass is 10.1. The fourth-order valence-corrected chi connectivity index (χ4v) is 4.49. The quantitative estimate of drug-likeness (QED) is 0.605. The normalized spacial score (nSPS) is 13.9. The van der Waals surface area contributed by atoms with Gasteiger partial charge in [0.1, 0.15) is 5.75 Å². The molecule has 1 aliphatic heterocycles. The van der Waals surface area contributed by atoms with E-state index in [1.807, 2.05) is 60.4 Å². The van der Waals surface area contributed by atoms with E-state index in [0.717, 1.165) is 54.6 Å². The molecule has 0 saturated carbocycles. The van der Waals surface area contributed by atoms with E-state index < -0.39 is 0 Å². The number of carbonyl (C=O) groups excluding carboxylic acids is 2. The first kappa shape index (κ1) is 21.9. The largest absolute Gasteiger partial charge is 0.484 e. The van der Waals surface area contributed by atoms with Crippen molar-refractivity contribution in [1.29, 1.82) is 0 Å². The van der Waals surface area contributed by atoms with E-state index in [1.54, 1.807) is 0 Å². The molecule has 0 bridgehead atoms. The standard InChI is InChI=1S/C26H31N3O3/c1-3-29-19(2)25(26(31)27-17-20-10-6-4-7-11-20)22-16-21(12-13-23(22)29)32-18-24(30)28-14-8-5-9-15-28/h4,6-7,10-13,16H,3,5,8-9,14-15,17-18H2,1-2H3,(H,27,31). The zero-order valence-electron chi connectivity index (χ0n) is 18.9. The second-order valence-corrected chi connectivity index (χ2v) is 8.28. The highest BCUT2D eigenvalue weighted by atomic mass is 16.5. The first-order chi connectivity index (χ1) is 15.6. The molecule has 1 saturated heterocycles. The summed E-state index contributed by atoms with van der Waals surface area (Å²) in [6.45, 7) is 6.92. The van der Waals surface area contributed by atoms with E-state index in [9.17, 15) is 9.59 Å². The molecule has 1 aromatic heterocycles. The number of amides is 2. The summed E-state index contributed by atoms with van der Waals surface area (Å²) in [5.74, 6) is 0.520. The van der Waals surface area contributed by atoms with Gasteiger partial charge in [0, 0.05) is 42.8 Å². The molecule has 0 unspecified atom stereocenters. The molecule has 2 amide bonds. The Morgan fingerprint density at radius 3 is 2.50 bits per heavy atom. The maximum Gasteiger partial charge on any atom is 0.260 e. The minimum atomic E-state index is -0.106. The number of nitrogens with zero attached hydrogens (tertiary/aromatic N) is 2. The van der Waals surface area contributed by atoms with Crippen molar-refractivity contribution in [3.63, 3.8) is 0 Å². The van der Waals surface area contributed by atoms with Gasteiger partial charge in [-0.1, -0.05) is 30.3 Å². The molecule has 2 aromatic carbocycles. The summed E-state index contributed by atoms with van der Waals surface area (Å²) in [6.07, 6.45) is 3.30. The molecule has 3 aromatic rings. The Hall–Kier alpha value is -3.28. The topological polar surface area (TPSA) is 63.6 Å². The van der Waals surface area contributed by atoms with Crippen LogP contribution in [0.1, 0.15) is 47.8 Å². The predicted octanol–water partition coefficient (Wildman–Crippen LogP) is 4.29. The van der Waals surface area contributed by atoms with Gasteiger partial charge in [-0.15, -0.1) is 0 Å². The van der Waals surface area contributed by atoms with Gasteiger partial charge in [-0.2, -0.15) is 0 Å². The van der Waals surface area contributed by atoms with Crippen molar-refractivity contribution in [3.05, 3.63) is 65.4 Å². The van der Waals surface area contributed by atoms with Crippen molar-refractivity contribution >= 4 is 22.7 Å². The summed E-state index contributed by atoms with van der Waals surface area (Å²) in [4.78, 5) is 27.5. The molecule has 4 rings (SSSR count). The maximum atomic E-state index is 13.1. The van der Waals surface area contributed by atoms with Gasteiger partial charge in [-0.25, -0.2) is 0 Å². The molecule has 0 atom stereocenters. The highest BCUT2D eigenvalue weighted by Crippen LogP contribution is 2.29. The molecule has 1 fully saturated rings. The lowest BCUT2D eigenvalue weighted by molar-refractivity contribution is -0.134. The average Bonchev–Trinajstić information content (AvgIpc) is 3.12. The van der Waals surface area contributed by atoms with Gasteiger partial charge in [-0.3, -0.25) is 9.59 Å². The van der Waals surface area contributed by atoms with E-state index in [2.05, 4.69) is 16.8 Å². The van der Waals surface area contributed by atoms with Crippen LogP contribution in [0.2, 0.25) is 0 Å². The van der Waals surface area contributed by atoms with Gasteiger partial charge >= 0.3 is 0 Å². The number of ether oxygens (including phenoxy) is 1. The van der Waals surface area contributed by atoms with Crippen molar-refractivity contribution in [1.82, 2.24) is 14.8 Å². The number of piperidine rings is 1. The fourth-order valence-electron chi connectivity index (χ4n) is 4.49. The Labute approximate surface area is 189 Å². The molecule has 0 radical (unpaired) electrons. The molecule has 6 nitrogen and oxygen atoms in total. The Balaban J connectivity index is 1.54. The Bertz CT molecular complexity index is 1100. The summed E-state index contributed by atoms with van der Waals surface area (Å²) < 4.78 is 7.98. The number of carbonyl (C=O) groups is 2. The summed E-state index contributed by atoms with van der Waals surface area (Å²) in [6, 6.07) is 15.6. The summed E-state index contributed by atoms with van der Waals surface area (Å²) in [7, 11) is 0. The molecule has 2 heterocycles. The summed E-state index contributed by atoms with van der Waals surface area (Å²) in [5.41, 5.74) is 3.63. The van der Waals surface area contributed by atoms with Gasteiger partial charge in [-0.05, 0) is 56.9 Å². The third-order valence-corrected chi connectivity index (χ3v) is 6.21. The molecule has 0 spiro atoms. The molecule has 0 aliphatic carbocycles. The zero-order valence-corrected chi connectivity index (χ0v) is 18.9. The lowest BCUT2D eigenvalue weighted by Crippen LogP contribution is -2.38. The van der Waals surface area contributed by atoms with Gasteiger partial charge in [0.2, 0.25) is 0 Å². The second-order valence-electron chi connectivity index (χ2n) is 8.28. The number of fused-ring (bicyclic) bond motifs is 1. The number of hydrogen-bond acceptors (Lipinski definition) is 3. The van der Waals surface area contributed by atoms with Crippen LogP contribution in [0.4, 0.5) is 0 Å². The highest BCUT2D eigenvalue weighted by Gasteiger charge is 2.21. The SMILES string of the molecule is CCn1c(C)c(C(=O)NCc2ccccc2)c2cc(OCC(=O)N3CCCCC3)ccc21. The Kier molecular flexibility index (Phi) is 6.78. The van der Waals surface area contributed by atoms with Crippen LogP contribution in [-0.4, -0.2) is 41.0 Å². The third-order valence-electron chi connectivity index (χ3n) is 6.21. The molecular weight excluding hydrogens is 402 g/mol. The van der Waals surface area contributed by atoms with Crippen LogP contribution < -0.4 is 10.1 Å². The predicted molar refractivity (Wildman–Crippen MR) is 126 cm³/mol. The van der Waals surface area contributed by atoms with Gasteiger partial charge in [0.15, 0.2) is 6.61 Å². The van der Waals surface area contributed by atoms with Gasteiger partial charge in [0.05, 0.1) is 5.56 Å². The van der Waals surface area contributed by atoms with Crippen molar-refractivity contribution < 1.29 is 14.3 Å².